The molecule has 1 aromatic carbocycles. The number of hydrogen-bond donors (Lipinski definition) is 5. The SMILES string of the molecule is COc1c2c(cc3oc(CO)cc(=O)c13)OC(C(C)(C)O[C@@H]1O[C@H](CO)[C@@H](O)[C@H](O)[C@H]1O)C2. The molecule has 0 saturated carbocycles. The molecular weight excluding hydrogens is 440 g/mol. The lowest BCUT2D eigenvalue weighted by Gasteiger charge is -2.43. The third kappa shape index (κ3) is 4.10. The van der Waals surface area contributed by atoms with Crippen LogP contribution in [-0.2, 0) is 22.5 Å². The van der Waals surface area contributed by atoms with E-state index in [2.05, 4.69) is 0 Å². The molecule has 0 bridgehead atoms. The molecule has 0 aliphatic carbocycles. The van der Waals surface area contributed by atoms with Crippen molar-refractivity contribution in [3.05, 3.63) is 33.7 Å². The van der Waals surface area contributed by atoms with E-state index in [9.17, 15) is 30.3 Å². The smallest absolute Gasteiger partial charge is 0.196 e. The maximum absolute atomic E-state index is 12.6. The van der Waals surface area contributed by atoms with Crippen LogP contribution in [0.25, 0.3) is 11.0 Å². The first-order valence-electron chi connectivity index (χ1n) is 10.5. The first-order valence-corrected chi connectivity index (χ1v) is 10.5. The zero-order valence-corrected chi connectivity index (χ0v) is 18.4. The third-order valence-electron chi connectivity index (χ3n) is 6.15. The molecule has 4 rings (SSSR count). The molecule has 0 amide bonds. The summed E-state index contributed by atoms with van der Waals surface area (Å²) >= 11 is 0. The lowest BCUT2D eigenvalue weighted by molar-refractivity contribution is -0.329. The Kier molecular flexibility index (Phi) is 6.40. The van der Waals surface area contributed by atoms with Gasteiger partial charge in [0, 0.05) is 24.1 Å². The molecule has 33 heavy (non-hydrogen) atoms. The van der Waals surface area contributed by atoms with Crippen molar-refractivity contribution in [3.8, 4) is 11.5 Å². The summed E-state index contributed by atoms with van der Waals surface area (Å²) in [5, 5.41) is 49.3. The van der Waals surface area contributed by atoms with Gasteiger partial charge in [0.2, 0.25) is 0 Å². The van der Waals surface area contributed by atoms with Crippen LogP contribution in [0.4, 0.5) is 0 Å². The maximum atomic E-state index is 12.6. The number of hydrogen-bond acceptors (Lipinski definition) is 11. The fourth-order valence-corrected chi connectivity index (χ4v) is 4.27. The highest BCUT2D eigenvalue weighted by Crippen LogP contribution is 2.44. The Morgan fingerprint density at radius 2 is 1.85 bits per heavy atom. The van der Waals surface area contributed by atoms with E-state index in [-0.39, 0.29) is 22.2 Å². The second kappa shape index (κ2) is 8.84. The quantitative estimate of drug-likeness (QED) is 0.360. The van der Waals surface area contributed by atoms with Crippen LogP contribution in [0, 0.1) is 0 Å². The minimum Gasteiger partial charge on any atom is -0.495 e. The van der Waals surface area contributed by atoms with E-state index >= 15 is 0 Å². The van der Waals surface area contributed by atoms with Crippen LogP contribution >= 0.6 is 0 Å². The van der Waals surface area contributed by atoms with E-state index < -0.39 is 55.6 Å². The molecule has 1 saturated heterocycles. The standard InChI is InChI=1S/C22H28O11/c1-22(2,33-21-19(28)18(27)17(26)14(8-24)32-21)15-5-10-12(31-15)6-13-16(20(10)29-3)11(25)4-9(7-23)30-13/h4,6,14-15,17-19,21,23-24,26-28H,5,7-8H2,1-3H3/t14-,15?,17-,18+,19-,21+/m1/s1. The lowest BCUT2D eigenvalue weighted by Crippen LogP contribution is -2.61. The summed E-state index contributed by atoms with van der Waals surface area (Å²) in [4.78, 5) is 12.6. The van der Waals surface area contributed by atoms with Gasteiger partial charge in [-0.2, -0.15) is 0 Å². The summed E-state index contributed by atoms with van der Waals surface area (Å²) in [5.41, 5.74) is -0.613. The molecule has 2 aliphatic rings. The van der Waals surface area contributed by atoms with Gasteiger partial charge >= 0.3 is 0 Å². The number of aliphatic hydroxyl groups is 5. The fourth-order valence-electron chi connectivity index (χ4n) is 4.27. The monoisotopic (exact) mass is 468 g/mol. The molecule has 11 heteroatoms. The number of ether oxygens (including phenoxy) is 4. The van der Waals surface area contributed by atoms with Crippen molar-refractivity contribution in [2.75, 3.05) is 13.7 Å². The van der Waals surface area contributed by atoms with Gasteiger partial charge < -0.3 is 48.9 Å². The van der Waals surface area contributed by atoms with E-state index in [4.69, 9.17) is 23.4 Å². The molecule has 1 fully saturated rings. The van der Waals surface area contributed by atoms with Gasteiger partial charge in [0.1, 0.15) is 71.0 Å². The second-order valence-corrected chi connectivity index (χ2v) is 8.72. The predicted molar refractivity (Wildman–Crippen MR) is 112 cm³/mol. The van der Waals surface area contributed by atoms with Crippen LogP contribution in [0.3, 0.4) is 0 Å². The van der Waals surface area contributed by atoms with E-state index in [0.717, 1.165) is 0 Å². The molecule has 1 unspecified atom stereocenters. The van der Waals surface area contributed by atoms with Gasteiger partial charge in [0.25, 0.3) is 0 Å². The molecule has 2 aliphatic heterocycles. The van der Waals surface area contributed by atoms with Gasteiger partial charge in [-0.1, -0.05) is 0 Å². The zero-order chi connectivity index (χ0) is 24.1. The van der Waals surface area contributed by atoms with Gasteiger partial charge in [0.15, 0.2) is 11.7 Å². The van der Waals surface area contributed by atoms with Crippen molar-refractivity contribution >= 4 is 11.0 Å². The predicted octanol–water partition coefficient (Wildman–Crippen LogP) is -0.808. The first-order chi connectivity index (χ1) is 15.6. The molecule has 0 radical (unpaired) electrons. The Bertz CT molecular complexity index is 1080. The van der Waals surface area contributed by atoms with Crippen LogP contribution < -0.4 is 14.9 Å². The van der Waals surface area contributed by atoms with Crippen molar-refractivity contribution in [3.63, 3.8) is 0 Å². The minimum atomic E-state index is -1.57. The summed E-state index contributed by atoms with van der Waals surface area (Å²) < 4.78 is 28.6. The summed E-state index contributed by atoms with van der Waals surface area (Å²) in [6, 6.07) is 2.76. The Hall–Kier alpha value is -2.25. The highest BCUT2D eigenvalue weighted by molar-refractivity contribution is 5.87. The molecular formula is C22H28O11. The van der Waals surface area contributed by atoms with Gasteiger partial charge in [-0.25, -0.2) is 0 Å². The second-order valence-electron chi connectivity index (χ2n) is 8.72. The summed E-state index contributed by atoms with van der Waals surface area (Å²) in [5.74, 6) is 0.815. The van der Waals surface area contributed by atoms with E-state index in [1.807, 2.05) is 0 Å². The van der Waals surface area contributed by atoms with Crippen molar-refractivity contribution in [1.82, 2.24) is 0 Å². The molecule has 3 heterocycles. The van der Waals surface area contributed by atoms with Crippen LogP contribution in [-0.4, -0.2) is 81.7 Å². The van der Waals surface area contributed by atoms with E-state index in [0.29, 0.717) is 23.5 Å². The number of rotatable bonds is 6. The average molecular weight is 468 g/mol. The molecule has 6 atom stereocenters. The number of fused-ring (bicyclic) bond motifs is 2. The van der Waals surface area contributed by atoms with Crippen LogP contribution in [0.5, 0.6) is 11.5 Å². The third-order valence-corrected chi connectivity index (χ3v) is 6.15. The molecule has 182 valence electrons. The van der Waals surface area contributed by atoms with E-state index in [1.54, 1.807) is 19.9 Å². The fraction of sp³-hybridized carbons (Fsp3) is 0.591. The van der Waals surface area contributed by atoms with Gasteiger partial charge in [-0.15, -0.1) is 0 Å². The van der Waals surface area contributed by atoms with Crippen LogP contribution in [0.1, 0.15) is 25.2 Å². The van der Waals surface area contributed by atoms with Crippen molar-refractivity contribution in [1.29, 1.82) is 0 Å². The average Bonchev–Trinajstić information content (AvgIpc) is 3.22. The highest BCUT2D eigenvalue weighted by Gasteiger charge is 2.48. The topological polar surface area (TPSA) is 168 Å². The van der Waals surface area contributed by atoms with Crippen molar-refractivity contribution < 1.29 is 48.9 Å². The number of benzene rings is 1. The highest BCUT2D eigenvalue weighted by atomic mass is 16.7. The van der Waals surface area contributed by atoms with Gasteiger partial charge in [-0.3, -0.25) is 4.79 Å². The first kappa shape index (κ1) is 23.9. The molecule has 0 spiro atoms. The van der Waals surface area contributed by atoms with Crippen LogP contribution in [0.2, 0.25) is 0 Å². The Labute approximate surface area is 188 Å². The van der Waals surface area contributed by atoms with Crippen LogP contribution in [0.15, 0.2) is 21.3 Å². The lowest BCUT2D eigenvalue weighted by atomic mass is 9.94. The van der Waals surface area contributed by atoms with E-state index in [1.165, 1.54) is 13.2 Å². The number of aliphatic hydroxyl groups excluding tert-OH is 5. The molecule has 11 nitrogen and oxygen atoms in total. The summed E-state index contributed by atoms with van der Waals surface area (Å²) in [7, 11) is 1.43. The Morgan fingerprint density at radius 3 is 2.48 bits per heavy atom. The normalized spacial score (nSPS) is 29.7. The molecule has 1 aromatic heterocycles. The zero-order valence-electron chi connectivity index (χ0n) is 18.4. The maximum Gasteiger partial charge on any atom is 0.196 e. The van der Waals surface area contributed by atoms with Crippen molar-refractivity contribution in [2.45, 2.75) is 69.3 Å². The Morgan fingerprint density at radius 1 is 1.12 bits per heavy atom. The summed E-state index contributed by atoms with van der Waals surface area (Å²) in [6.45, 7) is 2.39. The Balaban J connectivity index is 1.63. The largest absolute Gasteiger partial charge is 0.495 e. The molecule has 5 N–H and O–H groups in total. The molecule has 2 aromatic rings. The van der Waals surface area contributed by atoms with Gasteiger partial charge in [-0.05, 0) is 13.8 Å². The summed E-state index contributed by atoms with van der Waals surface area (Å²) in [6.07, 6.45) is -7.37. The number of methoxy groups -OCH3 is 1. The minimum absolute atomic E-state index is 0.107. The van der Waals surface area contributed by atoms with Crippen molar-refractivity contribution in [2.24, 2.45) is 0 Å². The van der Waals surface area contributed by atoms with Gasteiger partial charge in [0.05, 0.1) is 13.7 Å².